The molecule has 0 aliphatic carbocycles. The van der Waals surface area contributed by atoms with Gasteiger partial charge in [0.1, 0.15) is 18.1 Å². The number of benzene rings is 2. The number of carbonyl (C=O) groups is 1. The van der Waals surface area contributed by atoms with Crippen molar-refractivity contribution >= 4 is 34.6 Å². The predicted octanol–water partition coefficient (Wildman–Crippen LogP) is 4.89. The van der Waals surface area contributed by atoms with E-state index in [0.29, 0.717) is 17.1 Å². The molecule has 0 aliphatic rings. The second-order valence-electron chi connectivity index (χ2n) is 6.14. The summed E-state index contributed by atoms with van der Waals surface area (Å²) in [5.41, 5.74) is 0.290. The van der Waals surface area contributed by atoms with Gasteiger partial charge >= 0.3 is 0 Å². The molecule has 0 spiro atoms. The number of anilines is 1. The Labute approximate surface area is 174 Å². The van der Waals surface area contributed by atoms with E-state index in [0.717, 1.165) is 6.07 Å². The Morgan fingerprint density at radius 2 is 1.87 bits per heavy atom. The van der Waals surface area contributed by atoms with Crippen LogP contribution in [0.15, 0.2) is 52.9 Å². The van der Waals surface area contributed by atoms with Gasteiger partial charge < -0.3 is 14.5 Å². The van der Waals surface area contributed by atoms with Crippen LogP contribution in [0.1, 0.15) is 21.9 Å². The number of nitrogens with zero attached hydrogens (tertiary/aromatic N) is 2. The third-order valence-corrected chi connectivity index (χ3v) is 4.37. The maximum absolute atomic E-state index is 12.3. The number of nitro benzene ring substituents is 2. The van der Waals surface area contributed by atoms with Crippen molar-refractivity contribution in [2.75, 3.05) is 5.32 Å². The molecule has 154 valence electrons. The third-order valence-electron chi connectivity index (χ3n) is 4.04. The zero-order valence-corrected chi connectivity index (χ0v) is 16.2. The van der Waals surface area contributed by atoms with Gasteiger partial charge in [-0.2, -0.15) is 0 Å². The van der Waals surface area contributed by atoms with Crippen molar-refractivity contribution < 1.29 is 23.8 Å². The van der Waals surface area contributed by atoms with Crippen LogP contribution in [-0.4, -0.2) is 15.8 Å². The molecule has 11 heteroatoms. The average molecular weight is 432 g/mol. The minimum Gasteiger partial charge on any atom is -0.486 e. The Hall–Kier alpha value is -3.92. The van der Waals surface area contributed by atoms with Crippen LogP contribution in [-0.2, 0) is 6.61 Å². The Morgan fingerprint density at radius 3 is 2.53 bits per heavy atom. The molecule has 3 rings (SSSR count). The zero-order chi connectivity index (χ0) is 21.8. The molecule has 0 fully saturated rings. The van der Waals surface area contributed by atoms with E-state index < -0.39 is 15.8 Å². The maximum atomic E-state index is 12.3. The van der Waals surface area contributed by atoms with Gasteiger partial charge in [0.15, 0.2) is 5.76 Å². The van der Waals surface area contributed by atoms with E-state index in [1.807, 2.05) is 0 Å². The van der Waals surface area contributed by atoms with Gasteiger partial charge in [-0.25, -0.2) is 0 Å². The van der Waals surface area contributed by atoms with Crippen molar-refractivity contribution in [3.63, 3.8) is 0 Å². The van der Waals surface area contributed by atoms with Gasteiger partial charge in [0, 0.05) is 23.8 Å². The van der Waals surface area contributed by atoms with Crippen LogP contribution in [0.25, 0.3) is 0 Å². The number of ether oxygens (including phenoxy) is 1. The summed E-state index contributed by atoms with van der Waals surface area (Å²) in [5.74, 6) is 0.0519. The number of hydrogen-bond donors (Lipinski definition) is 1. The number of halogens is 1. The quantitative estimate of drug-likeness (QED) is 0.415. The number of non-ortho nitro benzene ring substituents is 1. The summed E-state index contributed by atoms with van der Waals surface area (Å²) in [6, 6.07) is 11.0. The molecule has 1 aromatic heterocycles. The Bertz CT molecular complexity index is 1140. The molecule has 0 radical (unpaired) electrons. The molecule has 1 amide bonds. The summed E-state index contributed by atoms with van der Waals surface area (Å²) in [6.45, 7) is 1.58. The monoisotopic (exact) mass is 431 g/mol. The fraction of sp³-hybridized carbons (Fsp3) is 0.105. The van der Waals surface area contributed by atoms with Crippen LogP contribution < -0.4 is 10.1 Å². The molecule has 3 aromatic rings. The minimum absolute atomic E-state index is 0.0118. The molecule has 1 heterocycles. The fourth-order valence-corrected chi connectivity index (χ4v) is 2.73. The number of nitro groups is 2. The highest BCUT2D eigenvalue weighted by molar-refractivity contribution is 6.34. The van der Waals surface area contributed by atoms with Crippen molar-refractivity contribution in [2.24, 2.45) is 0 Å². The van der Waals surface area contributed by atoms with E-state index in [2.05, 4.69) is 5.32 Å². The van der Waals surface area contributed by atoms with Crippen molar-refractivity contribution in [3.8, 4) is 5.75 Å². The van der Waals surface area contributed by atoms with E-state index in [-0.39, 0.29) is 34.5 Å². The lowest BCUT2D eigenvalue weighted by atomic mass is 10.2. The number of rotatable bonds is 7. The number of amides is 1. The lowest BCUT2D eigenvalue weighted by Crippen LogP contribution is -2.11. The molecule has 10 nitrogen and oxygen atoms in total. The Balaban J connectivity index is 1.65. The number of nitrogens with one attached hydrogen (secondary N) is 1. The third kappa shape index (κ3) is 4.73. The van der Waals surface area contributed by atoms with Crippen LogP contribution in [0.3, 0.4) is 0 Å². The van der Waals surface area contributed by atoms with Gasteiger partial charge in [-0.15, -0.1) is 0 Å². The van der Waals surface area contributed by atoms with Crippen molar-refractivity contribution in [1.29, 1.82) is 0 Å². The first-order valence-corrected chi connectivity index (χ1v) is 8.84. The lowest BCUT2D eigenvalue weighted by Gasteiger charge is -2.06. The van der Waals surface area contributed by atoms with E-state index in [1.54, 1.807) is 6.92 Å². The average Bonchev–Trinajstić information content (AvgIpc) is 3.17. The normalized spacial score (nSPS) is 10.5. The Kier molecular flexibility index (Phi) is 5.98. The zero-order valence-electron chi connectivity index (χ0n) is 15.5. The smallest absolute Gasteiger partial charge is 0.291 e. The molecule has 0 saturated carbocycles. The van der Waals surface area contributed by atoms with Gasteiger partial charge in [0.05, 0.1) is 20.6 Å². The standard InChI is InChI=1S/C19H14ClN3O7/c1-11-8-13(3-6-17(11)23(27)28)29-10-14-4-7-18(30-14)19(24)21-16-9-12(22(25)26)2-5-15(16)20/h2-9H,10H2,1H3,(H,21,24). The molecule has 0 unspecified atom stereocenters. The minimum atomic E-state index is -0.644. The number of hydrogen-bond acceptors (Lipinski definition) is 7. The largest absolute Gasteiger partial charge is 0.486 e. The number of aryl methyl sites for hydroxylation is 1. The van der Waals surface area contributed by atoms with Gasteiger partial charge in [0.25, 0.3) is 17.3 Å². The van der Waals surface area contributed by atoms with Gasteiger partial charge in [0.2, 0.25) is 0 Å². The number of furan rings is 1. The van der Waals surface area contributed by atoms with Crippen LogP contribution in [0, 0.1) is 27.2 Å². The van der Waals surface area contributed by atoms with Crippen LogP contribution in [0.2, 0.25) is 5.02 Å². The van der Waals surface area contributed by atoms with Gasteiger partial charge in [-0.05, 0) is 37.3 Å². The molecule has 1 N–H and O–H groups in total. The first-order valence-electron chi connectivity index (χ1n) is 8.46. The maximum Gasteiger partial charge on any atom is 0.291 e. The van der Waals surface area contributed by atoms with Gasteiger partial charge in [-0.1, -0.05) is 11.6 Å². The molecular formula is C19H14ClN3O7. The molecule has 0 bridgehead atoms. The summed E-state index contributed by atoms with van der Waals surface area (Å²) in [5, 5.41) is 24.3. The van der Waals surface area contributed by atoms with E-state index in [4.69, 9.17) is 20.8 Å². The highest BCUT2D eigenvalue weighted by atomic mass is 35.5. The van der Waals surface area contributed by atoms with Crippen molar-refractivity contribution in [3.05, 3.63) is 90.9 Å². The van der Waals surface area contributed by atoms with Gasteiger partial charge in [-0.3, -0.25) is 25.0 Å². The molecule has 0 aliphatic heterocycles. The van der Waals surface area contributed by atoms with Crippen LogP contribution in [0.4, 0.5) is 17.1 Å². The summed E-state index contributed by atoms with van der Waals surface area (Å²) in [4.78, 5) is 33.0. The van der Waals surface area contributed by atoms with Crippen LogP contribution >= 0.6 is 11.6 Å². The fourth-order valence-electron chi connectivity index (χ4n) is 2.56. The summed E-state index contributed by atoms with van der Waals surface area (Å²) >= 11 is 5.97. The summed E-state index contributed by atoms with van der Waals surface area (Å²) in [6.07, 6.45) is 0. The second kappa shape index (κ2) is 8.62. The summed E-state index contributed by atoms with van der Waals surface area (Å²) < 4.78 is 11.0. The lowest BCUT2D eigenvalue weighted by molar-refractivity contribution is -0.385. The molecule has 0 atom stereocenters. The SMILES string of the molecule is Cc1cc(OCc2ccc(C(=O)Nc3cc([N+](=O)[O-])ccc3Cl)o2)ccc1[N+](=O)[O-]. The van der Waals surface area contributed by atoms with E-state index in [1.165, 1.54) is 42.5 Å². The summed E-state index contributed by atoms with van der Waals surface area (Å²) in [7, 11) is 0. The van der Waals surface area contributed by atoms with E-state index >= 15 is 0 Å². The molecule has 2 aromatic carbocycles. The highest BCUT2D eigenvalue weighted by Crippen LogP contribution is 2.27. The Morgan fingerprint density at radius 1 is 1.10 bits per heavy atom. The highest BCUT2D eigenvalue weighted by Gasteiger charge is 2.16. The first kappa shape index (κ1) is 20.8. The number of carbonyl (C=O) groups excluding carboxylic acids is 1. The topological polar surface area (TPSA) is 138 Å². The molecule has 30 heavy (non-hydrogen) atoms. The first-order chi connectivity index (χ1) is 14.2. The second-order valence-corrected chi connectivity index (χ2v) is 6.54. The van der Waals surface area contributed by atoms with Crippen LogP contribution in [0.5, 0.6) is 5.75 Å². The molecular weight excluding hydrogens is 418 g/mol. The van der Waals surface area contributed by atoms with Crippen molar-refractivity contribution in [2.45, 2.75) is 13.5 Å². The van der Waals surface area contributed by atoms with E-state index in [9.17, 15) is 25.0 Å². The van der Waals surface area contributed by atoms with Crippen molar-refractivity contribution in [1.82, 2.24) is 0 Å². The molecule has 0 saturated heterocycles. The predicted molar refractivity (Wildman–Crippen MR) is 107 cm³/mol.